The lowest BCUT2D eigenvalue weighted by molar-refractivity contribution is -0.128. The van der Waals surface area contributed by atoms with Gasteiger partial charge in [0.1, 0.15) is 16.0 Å². The van der Waals surface area contributed by atoms with E-state index < -0.39 is 27.6 Å². The van der Waals surface area contributed by atoms with E-state index in [0.717, 1.165) is 18.4 Å². The summed E-state index contributed by atoms with van der Waals surface area (Å²) in [5, 5.41) is 2.90. The van der Waals surface area contributed by atoms with Crippen LogP contribution in [0.1, 0.15) is 18.2 Å². The number of amides is 1. The van der Waals surface area contributed by atoms with Crippen LogP contribution in [0.25, 0.3) is 0 Å². The fourth-order valence-corrected chi connectivity index (χ4v) is 2.92. The van der Waals surface area contributed by atoms with Gasteiger partial charge in [-0.15, -0.1) is 0 Å². The topological polar surface area (TPSA) is 66.5 Å². The normalized spacial score (nSPS) is 19.3. The standard InChI is InChI=1S/C13H16F2N2O3S/c1-21(19,20)6-2-5-17-12(18)8-16-13(17)9-3-4-10(14)11(15)7-9/h3-4,7,13,16H,2,5-6,8H2,1H3. The van der Waals surface area contributed by atoms with Crippen molar-refractivity contribution in [3.05, 3.63) is 35.4 Å². The number of carbonyl (C=O) groups is 1. The minimum Gasteiger partial charge on any atom is -0.322 e. The third-order valence-corrected chi connectivity index (χ3v) is 4.28. The molecule has 1 N–H and O–H groups in total. The summed E-state index contributed by atoms with van der Waals surface area (Å²) < 4.78 is 48.5. The van der Waals surface area contributed by atoms with E-state index in [1.165, 1.54) is 11.0 Å². The van der Waals surface area contributed by atoms with Gasteiger partial charge in [0.2, 0.25) is 5.91 Å². The molecular weight excluding hydrogens is 302 g/mol. The molecular formula is C13H16F2N2O3S. The molecule has 0 aromatic heterocycles. The highest BCUT2D eigenvalue weighted by Crippen LogP contribution is 2.24. The Morgan fingerprint density at radius 1 is 1.33 bits per heavy atom. The second-order valence-electron chi connectivity index (χ2n) is 5.03. The fourth-order valence-electron chi connectivity index (χ4n) is 2.27. The summed E-state index contributed by atoms with van der Waals surface area (Å²) in [6.45, 7) is 0.325. The quantitative estimate of drug-likeness (QED) is 0.873. The maximum Gasteiger partial charge on any atom is 0.238 e. The third kappa shape index (κ3) is 3.98. The molecule has 2 rings (SSSR count). The lowest BCUT2D eigenvalue weighted by atomic mass is 10.1. The van der Waals surface area contributed by atoms with Crippen molar-refractivity contribution in [3.8, 4) is 0 Å². The third-order valence-electron chi connectivity index (χ3n) is 3.25. The van der Waals surface area contributed by atoms with Gasteiger partial charge in [0.25, 0.3) is 0 Å². The van der Waals surface area contributed by atoms with Crippen LogP contribution in [0.4, 0.5) is 8.78 Å². The Labute approximate surface area is 121 Å². The van der Waals surface area contributed by atoms with E-state index in [4.69, 9.17) is 0 Å². The molecule has 0 saturated carbocycles. The summed E-state index contributed by atoms with van der Waals surface area (Å²) in [7, 11) is -3.10. The van der Waals surface area contributed by atoms with Crippen LogP contribution in [-0.4, -0.2) is 44.3 Å². The van der Waals surface area contributed by atoms with Crippen LogP contribution in [-0.2, 0) is 14.6 Å². The van der Waals surface area contributed by atoms with Gasteiger partial charge in [0.15, 0.2) is 11.6 Å². The first-order valence-electron chi connectivity index (χ1n) is 6.43. The number of halogens is 2. The summed E-state index contributed by atoms with van der Waals surface area (Å²) in [5.41, 5.74) is 0.430. The van der Waals surface area contributed by atoms with Gasteiger partial charge in [0.05, 0.1) is 12.3 Å². The number of sulfone groups is 1. The van der Waals surface area contributed by atoms with Crippen molar-refractivity contribution in [2.45, 2.75) is 12.6 Å². The predicted molar refractivity (Wildman–Crippen MR) is 73.1 cm³/mol. The summed E-state index contributed by atoms with van der Waals surface area (Å²) in [6, 6.07) is 3.44. The molecule has 21 heavy (non-hydrogen) atoms. The molecule has 0 radical (unpaired) electrons. The molecule has 5 nitrogen and oxygen atoms in total. The molecule has 0 spiro atoms. The molecule has 1 atom stereocenters. The van der Waals surface area contributed by atoms with Crippen molar-refractivity contribution in [2.24, 2.45) is 0 Å². The van der Waals surface area contributed by atoms with E-state index in [9.17, 15) is 22.0 Å². The number of hydrogen-bond donors (Lipinski definition) is 1. The van der Waals surface area contributed by atoms with Gasteiger partial charge in [-0.1, -0.05) is 6.07 Å². The average Bonchev–Trinajstić information content (AvgIpc) is 2.73. The highest BCUT2D eigenvalue weighted by atomic mass is 32.2. The Kier molecular flexibility index (Phi) is 4.58. The zero-order valence-electron chi connectivity index (χ0n) is 11.5. The number of benzene rings is 1. The molecule has 1 amide bonds. The van der Waals surface area contributed by atoms with Crippen LogP contribution in [0.15, 0.2) is 18.2 Å². The van der Waals surface area contributed by atoms with Crippen LogP contribution >= 0.6 is 0 Å². The molecule has 1 fully saturated rings. The molecule has 1 aromatic carbocycles. The first kappa shape index (κ1) is 15.8. The van der Waals surface area contributed by atoms with Crippen molar-refractivity contribution in [3.63, 3.8) is 0 Å². The average molecular weight is 318 g/mol. The van der Waals surface area contributed by atoms with Gasteiger partial charge in [-0.25, -0.2) is 17.2 Å². The highest BCUT2D eigenvalue weighted by molar-refractivity contribution is 7.90. The molecule has 1 unspecified atom stereocenters. The Hall–Kier alpha value is -1.54. The molecule has 116 valence electrons. The molecule has 0 aliphatic carbocycles. The number of rotatable bonds is 5. The molecule has 1 aliphatic heterocycles. The number of nitrogens with zero attached hydrogens (tertiary/aromatic N) is 1. The highest BCUT2D eigenvalue weighted by Gasteiger charge is 2.31. The van der Waals surface area contributed by atoms with Crippen molar-refractivity contribution in [1.29, 1.82) is 0 Å². The fraction of sp³-hybridized carbons (Fsp3) is 0.462. The van der Waals surface area contributed by atoms with Gasteiger partial charge in [-0.2, -0.15) is 0 Å². The monoisotopic (exact) mass is 318 g/mol. The molecule has 1 aromatic rings. The van der Waals surface area contributed by atoms with E-state index >= 15 is 0 Å². The van der Waals surface area contributed by atoms with Crippen molar-refractivity contribution >= 4 is 15.7 Å². The summed E-state index contributed by atoms with van der Waals surface area (Å²) in [6.07, 6.45) is 0.864. The van der Waals surface area contributed by atoms with E-state index in [0.29, 0.717) is 12.0 Å². The lowest BCUT2D eigenvalue weighted by Gasteiger charge is -2.24. The van der Waals surface area contributed by atoms with E-state index in [2.05, 4.69) is 5.32 Å². The summed E-state index contributed by atoms with van der Waals surface area (Å²) in [5.74, 6) is -2.16. The van der Waals surface area contributed by atoms with Crippen molar-refractivity contribution < 1.29 is 22.0 Å². The SMILES string of the molecule is CS(=O)(=O)CCCN1C(=O)CNC1c1ccc(F)c(F)c1. The first-order valence-corrected chi connectivity index (χ1v) is 8.49. The van der Waals surface area contributed by atoms with E-state index in [-0.39, 0.29) is 24.7 Å². The van der Waals surface area contributed by atoms with Gasteiger partial charge in [0, 0.05) is 12.8 Å². The van der Waals surface area contributed by atoms with Crippen LogP contribution < -0.4 is 5.32 Å². The molecule has 8 heteroatoms. The van der Waals surface area contributed by atoms with Crippen molar-refractivity contribution in [1.82, 2.24) is 10.2 Å². The molecule has 1 saturated heterocycles. The molecule has 1 heterocycles. The van der Waals surface area contributed by atoms with Gasteiger partial charge in [-0.05, 0) is 24.1 Å². The zero-order chi connectivity index (χ0) is 15.6. The van der Waals surface area contributed by atoms with Crippen molar-refractivity contribution in [2.75, 3.05) is 25.1 Å². The van der Waals surface area contributed by atoms with E-state index in [1.807, 2.05) is 0 Å². The summed E-state index contributed by atoms with van der Waals surface area (Å²) >= 11 is 0. The second-order valence-corrected chi connectivity index (χ2v) is 7.29. The minimum atomic E-state index is -3.10. The van der Waals surface area contributed by atoms with Gasteiger partial charge in [-0.3, -0.25) is 10.1 Å². The smallest absolute Gasteiger partial charge is 0.238 e. The Morgan fingerprint density at radius 3 is 2.67 bits per heavy atom. The largest absolute Gasteiger partial charge is 0.322 e. The zero-order valence-corrected chi connectivity index (χ0v) is 12.3. The van der Waals surface area contributed by atoms with Gasteiger partial charge >= 0.3 is 0 Å². The maximum atomic E-state index is 13.3. The Balaban J connectivity index is 2.10. The Bertz CT molecular complexity index is 649. The minimum absolute atomic E-state index is 0.0265. The lowest BCUT2D eigenvalue weighted by Crippen LogP contribution is -2.32. The molecule has 1 aliphatic rings. The predicted octanol–water partition coefficient (Wildman–Crippen LogP) is 0.830. The first-order chi connectivity index (χ1) is 9.78. The van der Waals surface area contributed by atoms with Crippen LogP contribution in [0.2, 0.25) is 0 Å². The summed E-state index contributed by atoms with van der Waals surface area (Å²) in [4.78, 5) is 13.3. The number of hydrogen-bond acceptors (Lipinski definition) is 4. The maximum absolute atomic E-state index is 13.3. The second kappa shape index (κ2) is 6.07. The number of nitrogens with one attached hydrogen (secondary N) is 1. The van der Waals surface area contributed by atoms with Gasteiger partial charge < -0.3 is 4.90 Å². The van der Waals surface area contributed by atoms with E-state index in [1.54, 1.807) is 0 Å². The number of carbonyl (C=O) groups excluding carboxylic acids is 1. The van der Waals surface area contributed by atoms with Crippen LogP contribution in [0.3, 0.4) is 0 Å². The van der Waals surface area contributed by atoms with Crippen LogP contribution in [0.5, 0.6) is 0 Å². The Morgan fingerprint density at radius 2 is 2.05 bits per heavy atom. The molecule has 0 bridgehead atoms. The van der Waals surface area contributed by atoms with Crippen LogP contribution in [0, 0.1) is 11.6 Å².